The second-order valence-electron chi connectivity index (χ2n) is 8.20. The smallest absolute Gasteiger partial charge is 0.368 e. The van der Waals surface area contributed by atoms with Gasteiger partial charge < -0.3 is 15.6 Å². The molecular formula is C22H25F3N8O. The fourth-order valence-electron chi connectivity index (χ4n) is 3.89. The zero-order valence-corrected chi connectivity index (χ0v) is 19.0. The fraction of sp³-hybridized carbons (Fsp3) is 0.409. The molecule has 9 nitrogen and oxygen atoms in total. The summed E-state index contributed by atoms with van der Waals surface area (Å²) in [6.07, 6.45) is 0.180. The summed E-state index contributed by atoms with van der Waals surface area (Å²) in [7, 11) is 0. The van der Waals surface area contributed by atoms with Gasteiger partial charge in [0.05, 0.1) is 22.6 Å². The number of alkyl halides is 3. The number of nitrogens with one attached hydrogen (secondary N) is 2. The highest BCUT2D eigenvalue weighted by molar-refractivity contribution is 5.92. The number of aromatic amines is 1. The Morgan fingerprint density at radius 1 is 1.15 bits per heavy atom. The average molecular weight is 474 g/mol. The normalized spacial score (nSPS) is 16.4. The van der Waals surface area contributed by atoms with Crippen molar-refractivity contribution in [2.45, 2.75) is 52.3 Å². The highest BCUT2D eigenvalue weighted by Gasteiger charge is 2.36. The topological polar surface area (TPSA) is 131 Å². The minimum atomic E-state index is -4.65. The number of nitrogens with two attached hydrogens (primary N) is 1. The Bertz CT molecular complexity index is 1270. The van der Waals surface area contributed by atoms with Gasteiger partial charge in [0, 0.05) is 17.6 Å². The Hall–Kier alpha value is -3.54. The quantitative estimate of drug-likeness (QED) is 0.389. The lowest BCUT2D eigenvalue weighted by Gasteiger charge is -2.18. The largest absolute Gasteiger partial charge is 0.420 e. The van der Waals surface area contributed by atoms with E-state index in [0.29, 0.717) is 34.3 Å². The van der Waals surface area contributed by atoms with Crippen LogP contribution in [-0.2, 0) is 6.18 Å². The molecule has 0 aliphatic carbocycles. The van der Waals surface area contributed by atoms with Crippen LogP contribution in [0.3, 0.4) is 0 Å². The fourth-order valence-corrected chi connectivity index (χ4v) is 3.89. The highest BCUT2D eigenvalue weighted by atomic mass is 19.4. The summed E-state index contributed by atoms with van der Waals surface area (Å²) in [6.45, 7) is 7.00. The summed E-state index contributed by atoms with van der Waals surface area (Å²) in [5.41, 5.74) is 6.29. The lowest BCUT2D eigenvalue weighted by Crippen LogP contribution is -2.30. The van der Waals surface area contributed by atoms with E-state index in [1.165, 1.54) is 25.8 Å². The second kappa shape index (κ2) is 9.37. The van der Waals surface area contributed by atoms with Gasteiger partial charge in [0.1, 0.15) is 17.0 Å². The van der Waals surface area contributed by atoms with Crippen molar-refractivity contribution in [2.24, 2.45) is 0 Å². The van der Waals surface area contributed by atoms with E-state index in [1.54, 1.807) is 26.0 Å². The van der Waals surface area contributed by atoms with Gasteiger partial charge in [0.2, 0.25) is 5.95 Å². The third kappa shape index (κ3) is 4.86. The van der Waals surface area contributed by atoms with Crippen LogP contribution in [0.15, 0.2) is 22.9 Å². The van der Waals surface area contributed by atoms with Crippen molar-refractivity contribution in [3.8, 4) is 22.6 Å². The van der Waals surface area contributed by atoms with E-state index >= 15 is 0 Å². The molecule has 12 heteroatoms. The Balaban J connectivity index is 0.000000336. The minimum Gasteiger partial charge on any atom is -0.368 e. The van der Waals surface area contributed by atoms with Gasteiger partial charge in [0.15, 0.2) is 5.65 Å². The molecule has 5 rings (SSSR count). The van der Waals surface area contributed by atoms with Crippen LogP contribution in [0, 0.1) is 13.8 Å². The van der Waals surface area contributed by atoms with Gasteiger partial charge in [-0.2, -0.15) is 18.3 Å². The Kier molecular flexibility index (Phi) is 6.51. The van der Waals surface area contributed by atoms with Crippen molar-refractivity contribution < 1.29 is 17.7 Å². The number of halogens is 3. The predicted octanol–water partition coefficient (Wildman–Crippen LogP) is 4.44. The molecule has 1 unspecified atom stereocenters. The summed E-state index contributed by atoms with van der Waals surface area (Å²) in [5, 5.41) is 14.2. The first-order valence-electron chi connectivity index (χ1n) is 10.9. The van der Waals surface area contributed by atoms with Gasteiger partial charge in [-0.3, -0.25) is 5.10 Å². The number of hydrogen-bond donors (Lipinski definition) is 3. The molecule has 1 atom stereocenters. The Morgan fingerprint density at radius 3 is 2.53 bits per heavy atom. The van der Waals surface area contributed by atoms with Crippen LogP contribution in [0.2, 0.25) is 0 Å². The van der Waals surface area contributed by atoms with Gasteiger partial charge in [0.25, 0.3) is 0 Å². The number of nitrogens with zero attached hydrogens (tertiary/aromatic N) is 5. The molecule has 1 aliphatic heterocycles. The van der Waals surface area contributed by atoms with Crippen LogP contribution in [-0.4, -0.2) is 42.9 Å². The highest BCUT2D eigenvalue weighted by Crippen LogP contribution is 2.37. The summed E-state index contributed by atoms with van der Waals surface area (Å²) in [5.74, 6) is 0.305. The van der Waals surface area contributed by atoms with E-state index in [-0.39, 0.29) is 23.0 Å². The Morgan fingerprint density at radius 2 is 1.94 bits per heavy atom. The van der Waals surface area contributed by atoms with Crippen LogP contribution in [0.4, 0.5) is 19.1 Å². The maximum absolute atomic E-state index is 13.3. The first kappa shape index (κ1) is 23.6. The van der Waals surface area contributed by atoms with Crippen LogP contribution in [0.1, 0.15) is 43.2 Å². The molecule has 0 saturated carbocycles. The summed E-state index contributed by atoms with van der Waals surface area (Å²) in [6, 6.07) is 4.06. The third-order valence-corrected chi connectivity index (χ3v) is 5.61. The molecule has 1 aliphatic rings. The van der Waals surface area contributed by atoms with Crippen molar-refractivity contribution in [2.75, 3.05) is 12.3 Å². The number of H-pyrrole nitrogens is 1. The van der Waals surface area contributed by atoms with E-state index in [9.17, 15) is 13.2 Å². The SMILES string of the molecule is CC1CCCCN1.Cc1noc(C)c1-c1ccc2c(-c3nc(N)ncc3C(F)(F)F)[nH]nc2n1. The summed E-state index contributed by atoms with van der Waals surface area (Å²) in [4.78, 5) is 11.6. The van der Waals surface area contributed by atoms with E-state index in [2.05, 4.69) is 42.5 Å². The molecular weight excluding hydrogens is 449 g/mol. The molecule has 5 heterocycles. The molecule has 34 heavy (non-hydrogen) atoms. The molecule has 0 amide bonds. The minimum absolute atomic E-state index is 0.0595. The molecule has 180 valence electrons. The Labute approximate surface area is 193 Å². The van der Waals surface area contributed by atoms with Gasteiger partial charge in [-0.1, -0.05) is 11.6 Å². The number of fused-ring (bicyclic) bond motifs is 1. The number of nitrogen functional groups attached to an aromatic ring is 1. The standard InChI is InChI=1S/C16H12F3N7O.C6H13N/c1-6-11(7(2)27-26-6)10-4-3-8-12(24-25-14(8)22-10)13-9(16(17,18)19)5-21-15(20)23-13;1-6-4-2-3-5-7-6/h3-5H,1-2H3,(H2,20,21,23)(H,22,24,25);6-7H,2-5H2,1H3. The zero-order chi connectivity index (χ0) is 24.5. The molecule has 0 spiro atoms. The maximum Gasteiger partial charge on any atom is 0.420 e. The molecule has 0 radical (unpaired) electrons. The first-order valence-corrected chi connectivity index (χ1v) is 10.9. The number of rotatable bonds is 2. The number of aryl methyl sites for hydroxylation is 2. The molecule has 0 aromatic carbocycles. The average Bonchev–Trinajstić information content (AvgIpc) is 3.36. The molecule has 0 bridgehead atoms. The second-order valence-corrected chi connectivity index (χ2v) is 8.20. The molecule has 4 aromatic rings. The number of pyridine rings is 1. The van der Waals surface area contributed by atoms with Crippen LogP contribution in [0.25, 0.3) is 33.7 Å². The summed E-state index contributed by atoms with van der Waals surface area (Å²) >= 11 is 0. The van der Waals surface area contributed by atoms with Crippen LogP contribution < -0.4 is 11.1 Å². The molecule has 1 fully saturated rings. The van der Waals surface area contributed by atoms with Gasteiger partial charge in [-0.25, -0.2) is 15.0 Å². The third-order valence-electron chi connectivity index (χ3n) is 5.61. The van der Waals surface area contributed by atoms with E-state index in [1.807, 2.05) is 0 Å². The van der Waals surface area contributed by atoms with Crippen molar-refractivity contribution in [1.29, 1.82) is 0 Å². The van der Waals surface area contributed by atoms with Crippen molar-refractivity contribution in [1.82, 2.24) is 35.6 Å². The van der Waals surface area contributed by atoms with E-state index in [0.717, 1.165) is 6.04 Å². The van der Waals surface area contributed by atoms with Crippen molar-refractivity contribution in [3.63, 3.8) is 0 Å². The van der Waals surface area contributed by atoms with E-state index < -0.39 is 11.7 Å². The summed E-state index contributed by atoms with van der Waals surface area (Å²) < 4.78 is 45.1. The predicted molar refractivity (Wildman–Crippen MR) is 121 cm³/mol. The van der Waals surface area contributed by atoms with Crippen LogP contribution in [0.5, 0.6) is 0 Å². The first-order chi connectivity index (χ1) is 16.1. The maximum atomic E-state index is 13.3. The lowest BCUT2D eigenvalue weighted by molar-refractivity contribution is -0.137. The molecule has 1 saturated heterocycles. The molecule has 4 aromatic heterocycles. The zero-order valence-electron chi connectivity index (χ0n) is 19.0. The van der Waals surface area contributed by atoms with Gasteiger partial charge in [-0.05, 0) is 52.3 Å². The monoisotopic (exact) mass is 474 g/mol. The van der Waals surface area contributed by atoms with Crippen molar-refractivity contribution >= 4 is 17.0 Å². The number of anilines is 1. The van der Waals surface area contributed by atoms with E-state index in [4.69, 9.17) is 10.3 Å². The molecule has 4 N–H and O–H groups in total. The van der Waals surface area contributed by atoms with Gasteiger partial charge >= 0.3 is 6.18 Å². The number of aromatic nitrogens is 6. The van der Waals surface area contributed by atoms with Crippen molar-refractivity contribution in [3.05, 3.63) is 35.3 Å². The number of hydrogen-bond acceptors (Lipinski definition) is 8. The van der Waals surface area contributed by atoms with Crippen LogP contribution >= 0.6 is 0 Å². The lowest BCUT2D eigenvalue weighted by atomic mass is 10.1. The number of piperidine rings is 1. The van der Waals surface area contributed by atoms with Gasteiger partial charge in [-0.15, -0.1) is 0 Å².